The molecule has 0 aliphatic carbocycles. The topological polar surface area (TPSA) is 102 Å². The lowest BCUT2D eigenvalue weighted by Crippen LogP contribution is -2.22. The number of alkyl halides is 3. The number of hydrogen-bond donors (Lipinski definition) is 4. The largest absolute Gasteiger partial charge is 0.405 e. The van der Waals surface area contributed by atoms with Crippen LogP contribution >= 0.6 is 0 Å². The zero-order chi connectivity index (χ0) is 11.5. The highest BCUT2D eigenvalue weighted by molar-refractivity contribution is 5.50. The summed E-state index contributed by atoms with van der Waals surface area (Å²) >= 11 is 0. The minimum atomic E-state index is -4.32. The van der Waals surface area contributed by atoms with Crippen molar-refractivity contribution in [2.24, 2.45) is 5.84 Å². The fourth-order valence-electron chi connectivity index (χ4n) is 0.821. The molecular formula is C6H9F3N6. The monoisotopic (exact) mass is 222 g/mol. The summed E-state index contributed by atoms with van der Waals surface area (Å²) in [5.41, 5.74) is 7.39. The maximum atomic E-state index is 11.8. The summed E-state index contributed by atoms with van der Waals surface area (Å²) in [6, 6.07) is 1.21. The van der Waals surface area contributed by atoms with Gasteiger partial charge in [0.1, 0.15) is 18.2 Å². The molecule has 0 amide bonds. The zero-order valence-corrected chi connectivity index (χ0v) is 7.47. The molecule has 9 heteroatoms. The van der Waals surface area contributed by atoms with Gasteiger partial charge in [-0.3, -0.25) is 0 Å². The van der Waals surface area contributed by atoms with Gasteiger partial charge in [-0.05, 0) is 0 Å². The number of anilines is 3. The molecule has 0 spiro atoms. The Balaban J connectivity index is 2.73. The lowest BCUT2D eigenvalue weighted by atomic mass is 10.5. The minimum absolute atomic E-state index is 0.0484. The van der Waals surface area contributed by atoms with Gasteiger partial charge in [0.15, 0.2) is 0 Å². The van der Waals surface area contributed by atoms with Gasteiger partial charge in [-0.15, -0.1) is 0 Å². The Hall–Kier alpha value is -1.77. The molecule has 1 heterocycles. The summed E-state index contributed by atoms with van der Waals surface area (Å²) in [6.07, 6.45) is -4.32. The van der Waals surface area contributed by atoms with Crippen molar-refractivity contribution in [3.63, 3.8) is 0 Å². The van der Waals surface area contributed by atoms with Gasteiger partial charge in [-0.1, -0.05) is 0 Å². The second-order valence-electron chi connectivity index (χ2n) is 2.61. The van der Waals surface area contributed by atoms with Gasteiger partial charge in [-0.2, -0.15) is 23.1 Å². The number of nitrogens with one attached hydrogen (secondary N) is 2. The van der Waals surface area contributed by atoms with E-state index < -0.39 is 12.7 Å². The van der Waals surface area contributed by atoms with Crippen LogP contribution < -0.4 is 22.3 Å². The summed E-state index contributed by atoms with van der Waals surface area (Å²) in [5.74, 6) is 4.94. The van der Waals surface area contributed by atoms with E-state index in [9.17, 15) is 13.2 Å². The van der Waals surface area contributed by atoms with Gasteiger partial charge in [0, 0.05) is 6.07 Å². The predicted octanol–water partition coefficient (Wildman–Crippen LogP) is 0.319. The average Bonchev–Trinajstić information content (AvgIpc) is 2.13. The average molecular weight is 222 g/mol. The van der Waals surface area contributed by atoms with E-state index >= 15 is 0 Å². The van der Waals surface area contributed by atoms with Gasteiger partial charge in [0.2, 0.25) is 5.95 Å². The number of nitrogen functional groups attached to an aromatic ring is 2. The van der Waals surface area contributed by atoms with Gasteiger partial charge in [0.25, 0.3) is 0 Å². The number of aromatic nitrogens is 2. The fraction of sp³-hybridized carbons (Fsp3) is 0.333. The van der Waals surface area contributed by atoms with Crippen LogP contribution in [-0.4, -0.2) is 22.7 Å². The molecule has 6 nitrogen and oxygen atoms in total. The molecule has 0 aliphatic heterocycles. The Morgan fingerprint density at radius 3 is 2.40 bits per heavy atom. The molecule has 1 aromatic heterocycles. The van der Waals surface area contributed by atoms with Crippen molar-refractivity contribution < 1.29 is 13.2 Å². The van der Waals surface area contributed by atoms with E-state index in [0.29, 0.717) is 0 Å². The first kappa shape index (κ1) is 11.3. The third kappa shape index (κ3) is 3.85. The number of hydrogen-bond acceptors (Lipinski definition) is 6. The molecule has 0 fully saturated rings. The van der Waals surface area contributed by atoms with Crippen LogP contribution in [-0.2, 0) is 0 Å². The Morgan fingerprint density at radius 2 is 1.87 bits per heavy atom. The van der Waals surface area contributed by atoms with E-state index in [1.807, 2.05) is 5.32 Å². The third-order valence-electron chi connectivity index (χ3n) is 1.36. The molecule has 15 heavy (non-hydrogen) atoms. The molecule has 6 N–H and O–H groups in total. The van der Waals surface area contributed by atoms with E-state index in [-0.39, 0.29) is 17.6 Å². The normalized spacial score (nSPS) is 11.2. The highest BCUT2D eigenvalue weighted by Crippen LogP contribution is 2.17. The van der Waals surface area contributed by atoms with E-state index in [1.54, 1.807) is 0 Å². The molecule has 0 radical (unpaired) electrons. The fourth-order valence-corrected chi connectivity index (χ4v) is 0.821. The predicted molar refractivity (Wildman–Crippen MR) is 48.8 cm³/mol. The Bertz CT molecular complexity index is 338. The SMILES string of the molecule is NNc1cc(NCC(F)(F)F)nc(N)n1. The molecule has 0 aliphatic rings. The van der Waals surface area contributed by atoms with Gasteiger partial charge in [-0.25, -0.2) is 5.84 Å². The first-order valence-corrected chi connectivity index (χ1v) is 3.82. The molecule has 0 aromatic carbocycles. The first-order chi connectivity index (χ1) is 6.90. The molecule has 1 rings (SSSR count). The van der Waals surface area contributed by atoms with E-state index in [0.717, 1.165) is 0 Å². The summed E-state index contributed by atoms with van der Waals surface area (Å²) < 4.78 is 35.5. The Morgan fingerprint density at radius 1 is 1.27 bits per heavy atom. The standard InChI is InChI=1S/C6H9F3N6/c7-6(8,9)2-12-3-1-4(15-11)14-5(10)13-3/h1H,2,11H2,(H4,10,12,13,14,15). The molecule has 0 saturated carbocycles. The number of nitrogens with two attached hydrogens (primary N) is 2. The van der Waals surface area contributed by atoms with E-state index in [1.165, 1.54) is 6.07 Å². The van der Waals surface area contributed by atoms with Crippen LogP contribution in [0.5, 0.6) is 0 Å². The molecule has 0 atom stereocenters. The maximum absolute atomic E-state index is 11.8. The van der Waals surface area contributed by atoms with Gasteiger partial charge >= 0.3 is 6.18 Å². The molecule has 0 saturated heterocycles. The number of nitrogens with zero attached hydrogens (tertiary/aromatic N) is 2. The highest BCUT2D eigenvalue weighted by Gasteiger charge is 2.26. The van der Waals surface area contributed by atoms with E-state index in [2.05, 4.69) is 15.4 Å². The summed E-state index contributed by atoms with van der Waals surface area (Å²) in [5, 5.41) is 2.05. The van der Waals surface area contributed by atoms with Crippen LogP contribution in [0.2, 0.25) is 0 Å². The third-order valence-corrected chi connectivity index (χ3v) is 1.36. The molecule has 0 bridgehead atoms. The van der Waals surface area contributed by atoms with Crippen molar-refractivity contribution in [1.29, 1.82) is 0 Å². The van der Waals surface area contributed by atoms with Crippen LogP contribution in [0.15, 0.2) is 6.07 Å². The Kier molecular flexibility index (Phi) is 3.14. The van der Waals surface area contributed by atoms with Crippen LogP contribution in [0.1, 0.15) is 0 Å². The summed E-state index contributed by atoms with van der Waals surface area (Å²) in [6.45, 7) is -1.20. The maximum Gasteiger partial charge on any atom is 0.405 e. The number of rotatable bonds is 3. The Labute approximate surface area is 82.8 Å². The summed E-state index contributed by atoms with van der Waals surface area (Å²) in [4.78, 5) is 7.15. The van der Waals surface area contributed by atoms with Gasteiger partial charge in [0.05, 0.1) is 0 Å². The molecule has 0 unspecified atom stereocenters. The number of halogens is 3. The van der Waals surface area contributed by atoms with Crippen molar-refractivity contribution in [2.75, 3.05) is 23.0 Å². The van der Waals surface area contributed by atoms with Crippen molar-refractivity contribution >= 4 is 17.6 Å². The number of hydrazine groups is 1. The van der Waals surface area contributed by atoms with Crippen LogP contribution in [0.3, 0.4) is 0 Å². The minimum Gasteiger partial charge on any atom is -0.368 e. The van der Waals surface area contributed by atoms with Crippen LogP contribution in [0, 0.1) is 0 Å². The van der Waals surface area contributed by atoms with Crippen molar-refractivity contribution in [3.05, 3.63) is 6.07 Å². The quantitative estimate of drug-likeness (QED) is 0.434. The van der Waals surface area contributed by atoms with Crippen LogP contribution in [0.4, 0.5) is 30.8 Å². The van der Waals surface area contributed by atoms with E-state index in [4.69, 9.17) is 11.6 Å². The van der Waals surface area contributed by atoms with Crippen LogP contribution in [0.25, 0.3) is 0 Å². The summed E-state index contributed by atoms with van der Waals surface area (Å²) in [7, 11) is 0. The second kappa shape index (κ2) is 4.17. The van der Waals surface area contributed by atoms with Crippen molar-refractivity contribution in [2.45, 2.75) is 6.18 Å². The smallest absolute Gasteiger partial charge is 0.368 e. The lowest BCUT2D eigenvalue weighted by Gasteiger charge is -2.09. The second-order valence-corrected chi connectivity index (χ2v) is 2.61. The van der Waals surface area contributed by atoms with Crippen molar-refractivity contribution in [3.8, 4) is 0 Å². The molecule has 1 aromatic rings. The van der Waals surface area contributed by atoms with Gasteiger partial charge < -0.3 is 16.5 Å². The van der Waals surface area contributed by atoms with Crippen molar-refractivity contribution in [1.82, 2.24) is 9.97 Å². The zero-order valence-electron chi connectivity index (χ0n) is 7.47. The molecule has 84 valence electrons. The molecular weight excluding hydrogens is 213 g/mol. The highest BCUT2D eigenvalue weighted by atomic mass is 19.4. The lowest BCUT2D eigenvalue weighted by molar-refractivity contribution is -0.115. The first-order valence-electron chi connectivity index (χ1n) is 3.82.